The van der Waals surface area contributed by atoms with Crippen molar-refractivity contribution < 1.29 is 22.7 Å². The minimum atomic E-state index is -3.47. The van der Waals surface area contributed by atoms with Crippen molar-refractivity contribution in [3.63, 3.8) is 0 Å². The number of methoxy groups -OCH3 is 1. The van der Waals surface area contributed by atoms with E-state index in [0.717, 1.165) is 6.26 Å². The maximum Gasteiger partial charge on any atom is 0.232 e. The molecule has 0 fully saturated rings. The topological polar surface area (TPSA) is 84.9 Å². The molecule has 0 radical (unpaired) electrons. The van der Waals surface area contributed by atoms with Gasteiger partial charge in [-0.2, -0.15) is 0 Å². The van der Waals surface area contributed by atoms with E-state index in [-0.39, 0.29) is 18.9 Å². The first kappa shape index (κ1) is 22.3. The van der Waals surface area contributed by atoms with Crippen LogP contribution in [0.15, 0.2) is 61.2 Å². The average Bonchev–Trinajstić information content (AvgIpc) is 2.69. The summed E-state index contributed by atoms with van der Waals surface area (Å²) in [6.45, 7) is 4.17. The summed E-state index contributed by atoms with van der Waals surface area (Å²) in [6.07, 6.45) is 3.34. The molecule has 2 aromatic rings. The smallest absolute Gasteiger partial charge is 0.232 e. The van der Waals surface area contributed by atoms with Crippen molar-refractivity contribution in [1.29, 1.82) is 0 Å². The molecule has 1 N–H and O–H groups in total. The number of hydrogen-bond donors (Lipinski definition) is 1. The highest BCUT2D eigenvalue weighted by molar-refractivity contribution is 7.92. The number of nitrogens with one attached hydrogen (secondary N) is 1. The Balaban J connectivity index is 1.93. The zero-order chi connectivity index (χ0) is 21.3. The van der Waals surface area contributed by atoms with Crippen molar-refractivity contribution in [2.45, 2.75) is 12.8 Å². The maximum absolute atomic E-state index is 12.2. The predicted octanol–water partition coefficient (Wildman–Crippen LogP) is 3.44. The molecular formula is C21H26N2O5S. The molecule has 2 rings (SSSR count). The Kier molecular flexibility index (Phi) is 8.09. The molecule has 0 heterocycles. The largest absolute Gasteiger partial charge is 0.497 e. The van der Waals surface area contributed by atoms with E-state index >= 15 is 0 Å². The molecule has 0 aliphatic carbocycles. The fourth-order valence-corrected chi connectivity index (χ4v) is 3.63. The van der Waals surface area contributed by atoms with Crippen molar-refractivity contribution in [2.24, 2.45) is 0 Å². The number of carbonyl (C=O) groups is 1. The number of anilines is 2. The van der Waals surface area contributed by atoms with Gasteiger partial charge in [0.05, 0.1) is 19.1 Å². The van der Waals surface area contributed by atoms with Gasteiger partial charge in [-0.25, -0.2) is 8.42 Å². The van der Waals surface area contributed by atoms with Crippen molar-refractivity contribution in [2.75, 3.05) is 36.1 Å². The standard InChI is InChI=1S/C21H26N2O5S/c1-4-15-28-20-8-5-7-17(16-20)22-21(24)9-6-14-23(29(3,25)26)18-10-12-19(27-2)13-11-18/h4-5,7-8,10-13,16H,1,6,9,14-15H2,2-3H3,(H,22,24). The van der Waals surface area contributed by atoms with E-state index in [9.17, 15) is 13.2 Å². The Morgan fingerprint density at radius 1 is 1.17 bits per heavy atom. The number of ether oxygens (including phenoxy) is 2. The van der Waals surface area contributed by atoms with Crippen LogP contribution in [0.1, 0.15) is 12.8 Å². The fraction of sp³-hybridized carbons (Fsp3) is 0.286. The Labute approximate surface area is 172 Å². The van der Waals surface area contributed by atoms with Gasteiger partial charge in [0.25, 0.3) is 0 Å². The number of hydrogen-bond acceptors (Lipinski definition) is 5. The lowest BCUT2D eigenvalue weighted by atomic mass is 10.2. The molecule has 0 aliphatic heterocycles. The monoisotopic (exact) mass is 418 g/mol. The molecule has 1 amide bonds. The average molecular weight is 419 g/mol. The summed E-state index contributed by atoms with van der Waals surface area (Å²) < 4.78 is 36.1. The van der Waals surface area contributed by atoms with Gasteiger partial charge in [0.15, 0.2) is 0 Å². The van der Waals surface area contributed by atoms with Gasteiger partial charge in [-0.15, -0.1) is 0 Å². The van der Waals surface area contributed by atoms with E-state index in [4.69, 9.17) is 9.47 Å². The Morgan fingerprint density at radius 3 is 2.52 bits per heavy atom. The molecule has 0 bridgehead atoms. The quantitative estimate of drug-likeness (QED) is 0.565. The van der Waals surface area contributed by atoms with E-state index in [1.807, 2.05) is 0 Å². The number of rotatable bonds is 11. The van der Waals surface area contributed by atoms with Crippen molar-refractivity contribution >= 4 is 27.3 Å². The van der Waals surface area contributed by atoms with Crippen LogP contribution < -0.4 is 19.1 Å². The first-order valence-electron chi connectivity index (χ1n) is 9.09. The summed E-state index contributed by atoms with van der Waals surface area (Å²) in [4.78, 5) is 12.2. The Morgan fingerprint density at radius 2 is 1.90 bits per heavy atom. The molecule has 0 spiro atoms. The molecule has 0 saturated heterocycles. The second-order valence-electron chi connectivity index (χ2n) is 6.31. The number of sulfonamides is 1. The normalized spacial score (nSPS) is 10.8. The minimum Gasteiger partial charge on any atom is -0.497 e. The summed E-state index contributed by atoms with van der Waals surface area (Å²) in [5, 5.41) is 2.80. The Bertz CT molecular complexity index is 926. The number of carbonyl (C=O) groups excluding carboxylic acids is 1. The summed E-state index contributed by atoms with van der Waals surface area (Å²) in [5.74, 6) is 1.07. The van der Waals surface area contributed by atoms with Crippen LogP contribution in [0.3, 0.4) is 0 Å². The highest BCUT2D eigenvalue weighted by Crippen LogP contribution is 2.22. The molecule has 0 saturated carbocycles. The van der Waals surface area contributed by atoms with Crippen LogP contribution >= 0.6 is 0 Å². The second-order valence-corrected chi connectivity index (χ2v) is 8.22. The molecule has 156 valence electrons. The van der Waals surface area contributed by atoms with Crippen LogP contribution in [0.5, 0.6) is 11.5 Å². The zero-order valence-electron chi connectivity index (χ0n) is 16.6. The molecular weight excluding hydrogens is 392 g/mol. The summed E-state index contributed by atoms with van der Waals surface area (Å²) >= 11 is 0. The fourth-order valence-electron chi connectivity index (χ4n) is 2.66. The van der Waals surface area contributed by atoms with Crippen LogP contribution in [-0.4, -0.2) is 40.8 Å². The minimum absolute atomic E-state index is 0.180. The third-order valence-electron chi connectivity index (χ3n) is 4.01. The van der Waals surface area contributed by atoms with E-state index in [1.54, 1.807) is 61.7 Å². The van der Waals surface area contributed by atoms with Crippen molar-refractivity contribution in [3.8, 4) is 11.5 Å². The molecule has 0 unspecified atom stereocenters. The van der Waals surface area contributed by atoms with Gasteiger partial charge in [-0.1, -0.05) is 18.7 Å². The van der Waals surface area contributed by atoms with E-state index < -0.39 is 10.0 Å². The molecule has 0 atom stereocenters. The van der Waals surface area contributed by atoms with Gasteiger partial charge in [-0.05, 0) is 42.8 Å². The SMILES string of the molecule is C=CCOc1cccc(NC(=O)CCCN(c2ccc(OC)cc2)S(C)(=O)=O)c1. The summed E-state index contributed by atoms with van der Waals surface area (Å²) in [6, 6.07) is 13.8. The maximum atomic E-state index is 12.2. The molecule has 0 aliphatic rings. The summed E-state index contributed by atoms with van der Waals surface area (Å²) in [7, 11) is -1.93. The van der Waals surface area contributed by atoms with Crippen molar-refractivity contribution in [1.82, 2.24) is 0 Å². The van der Waals surface area contributed by atoms with E-state index in [2.05, 4.69) is 11.9 Å². The van der Waals surface area contributed by atoms with Crippen LogP contribution in [0.4, 0.5) is 11.4 Å². The lowest BCUT2D eigenvalue weighted by molar-refractivity contribution is -0.116. The summed E-state index contributed by atoms with van der Waals surface area (Å²) in [5.41, 5.74) is 1.15. The van der Waals surface area contributed by atoms with Crippen molar-refractivity contribution in [3.05, 3.63) is 61.2 Å². The number of nitrogens with zero attached hydrogens (tertiary/aromatic N) is 1. The van der Waals surface area contributed by atoms with E-state index in [1.165, 1.54) is 4.31 Å². The second kappa shape index (κ2) is 10.5. The molecule has 0 aromatic heterocycles. The lowest BCUT2D eigenvalue weighted by Crippen LogP contribution is -2.31. The van der Waals surface area contributed by atoms with Gasteiger partial charge in [-0.3, -0.25) is 9.10 Å². The van der Waals surface area contributed by atoms with Gasteiger partial charge in [0.2, 0.25) is 15.9 Å². The van der Waals surface area contributed by atoms with Gasteiger partial charge < -0.3 is 14.8 Å². The third-order valence-corrected chi connectivity index (χ3v) is 5.21. The highest BCUT2D eigenvalue weighted by atomic mass is 32.2. The number of benzene rings is 2. The first-order chi connectivity index (χ1) is 13.8. The molecule has 8 heteroatoms. The van der Waals surface area contributed by atoms with Crippen LogP contribution in [0.25, 0.3) is 0 Å². The van der Waals surface area contributed by atoms with Gasteiger partial charge in [0, 0.05) is 24.7 Å². The first-order valence-corrected chi connectivity index (χ1v) is 10.9. The van der Waals surface area contributed by atoms with E-state index in [0.29, 0.717) is 35.9 Å². The molecule has 2 aromatic carbocycles. The van der Waals surface area contributed by atoms with Gasteiger partial charge >= 0.3 is 0 Å². The van der Waals surface area contributed by atoms with Gasteiger partial charge in [0.1, 0.15) is 18.1 Å². The highest BCUT2D eigenvalue weighted by Gasteiger charge is 2.17. The predicted molar refractivity (Wildman–Crippen MR) is 115 cm³/mol. The Hall–Kier alpha value is -3.00. The zero-order valence-corrected chi connectivity index (χ0v) is 17.4. The molecule has 7 nitrogen and oxygen atoms in total. The van der Waals surface area contributed by atoms with Crippen LogP contribution in [0, 0.1) is 0 Å². The van der Waals surface area contributed by atoms with Crippen LogP contribution in [-0.2, 0) is 14.8 Å². The molecule has 29 heavy (non-hydrogen) atoms. The number of amides is 1. The third kappa shape index (κ3) is 7.15. The lowest BCUT2D eigenvalue weighted by Gasteiger charge is -2.22. The van der Waals surface area contributed by atoms with Crippen LogP contribution in [0.2, 0.25) is 0 Å².